The summed E-state index contributed by atoms with van der Waals surface area (Å²) in [6.07, 6.45) is 9.81. The molecular formula is C20H36N2O2. The largest absolute Gasteiger partial charge is 0.395 e. The number of aliphatic hydroxyl groups is 1. The first-order chi connectivity index (χ1) is 11.6. The van der Waals surface area contributed by atoms with E-state index in [4.69, 9.17) is 9.84 Å². The Hall–Kier alpha value is -0.870. The molecule has 4 heteroatoms. The fourth-order valence-corrected chi connectivity index (χ4v) is 4.49. The van der Waals surface area contributed by atoms with Gasteiger partial charge in [-0.15, -0.1) is 6.58 Å². The predicted octanol–water partition coefficient (Wildman–Crippen LogP) is 3.85. The molecular weight excluding hydrogens is 300 g/mol. The third-order valence-electron chi connectivity index (χ3n) is 5.82. The summed E-state index contributed by atoms with van der Waals surface area (Å²) in [7, 11) is 1.76. The molecule has 0 amide bonds. The maximum absolute atomic E-state index is 10.4. The number of aliphatic hydroxyl groups excluding tert-OH is 1. The van der Waals surface area contributed by atoms with Crippen LogP contribution >= 0.6 is 0 Å². The fraction of sp³-hybridized carbons (Fsp3) is 0.850. The fourth-order valence-electron chi connectivity index (χ4n) is 4.49. The Morgan fingerprint density at radius 3 is 2.83 bits per heavy atom. The van der Waals surface area contributed by atoms with Gasteiger partial charge >= 0.3 is 0 Å². The summed E-state index contributed by atoms with van der Waals surface area (Å²) in [6.45, 7) is 10.5. The zero-order valence-electron chi connectivity index (χ0n) is 15.8. The van der Waals surface area contributed by atoms with Gasteiger partial charge in [0.1, 0.15) is 0 Å². The van der Waals surface area contributed by atoms with Gasteiger partial charge in [-0.05, 0) is 50.4 Å². The quantitative estimate of drug-likeness (QED) is 0.685. The maximum Gasteiger partial charge on any atom is 0.0704 e. The molecule has 4 nitrogen and oxygen atoms in total. The Labute approximate surface area is 148 Å². The second kappa shape index (κ2) is 9.00. The lowest BCUT2D eigenvalue weighted by Crippen LogP contribution is -2.45. The van der Waals surface area contributed by atoms with E-state index in [0.29, 0.717) is 17.9 Å². The monoisotopic (exact) mass is 336 g/mol. The van der Waals surface area contributed by atoms with E-state index < -0.39 is 0 Å². The van der Waals surface area contributed by atoms with Crippen molar-refractivity contribution in [1.82, 2.24) is 5.01 Å². The molecule has 1 aliphatic carbocycles. The average molecular weight is 337 g/mol. The van der Waals surface area contributed by atoms with Crippen LogP contribution in [-0.2, 0) is 4.74 Å². The Morgan fingerprint density at radius 2 is 2.21 bits per heavy atom. The van der Waals surface area contributed by atoms with Crippen molar-refractivity contribution in [3.05, 3.63) is 12.7 Å². The van der Waals surface area contributed by atoms with Crippen molar-refractivity contribution < 1.29 is 9.84 Å². The van der Waals surface area contributed by atoms with E-state index >= 15 is 0 Å². The van der Waals surface area contributed by atoms with Gasteiger partial charge in [0.05, 0.1) is 19.3 Å². The van der Waals surface area contributed by atoms with Crippen LogP contribution in [0.4, 0.5) is 0 Å². The van der Waals surface area contributed by atoms with Crippen LogP contribution in [0.15, 0.2) is 17.8 Å². The molecule has 0 aromatic heterocycles. The number of rotatable bonds is 8. The van der Waals surface area contributed by atoms with Gasteiger partial charge in [0.15, 0.2) is 0 Å². The number of hydrazone groups is 1. The summed E-state index contributed by atoms with van der Waals surface area (Å²) in [5, 5.41) is 17.7. The summed E-state index contributed by atoms with van der Waals surface area (Å²) >= 11 is 0. The molecule has 24 heavy (non-hydrogen) atoms. The molecule has 2 aliphatic rings. The molecule has 1 saturated heterocycles. The van der Waals surface area contributed by atoms with Crippen molar-refractivity contribution in [2.75, 3.05) is 26.9 Å². The molecule has 0 spiro atoms. The number of nitrogens with zero attached hydrogens (tertiary/aromatic N) is 2. The second-order valence-corrected chi connectivity index (χ2v) is 7.95. The highest BCUT2D eigenvalue weighted by Crippen LogP contribution is 2.44. The lowest BCUT2D eigenvalue weighted by Gasteiger charge is -2.43. The lowest BCUT2D eigenvalue weighted by atomic mass is 9.63. The number of hydrogen-bond donors (Lipinski definition) is 1. The van der Waals surface area contributed by atoms with Crippen LogP contribution < -0.4 is 0 Å². The maximum atomic E-state index is 10.4. The van der Waals surface area contributed by atoms with Crippen molar-refractivity contribution >= 4 is 5.71 Å². The summed E-state index contributed by atoms with van der Waals surface area (Å²) in [6, 6.07) is 0.382. The van der Waals surface area contributed by atoms with Gasteiger partial charge in [-0.3, -0.25) is 5.01 Å². The molecule has 0 bridgehead atoms. The molecule has 1 aliphatic heterocycles. The number of hydrogen-bond acceptors (Lipinski definition) is 4. The standard InChI is InChI=1S/C20H36N2O2/c1-5-17(13-16(2)3)20(15-23)11-7-6-10-19(20)21-22-12-8-9-18(22)14-24-4/h5,16-18,23H,1,6-15H2,2-4H3/b21-19+/t17-,18-,20+/m0/s1. The smallest absolute Gasteiger partial charge is 0.0704 e. The first kappa shape index (κ1) is 19.5. The Kier molecular flexibility index (Phi) is 7.30. The van der Waals surface area contributed by atoms with Crippen LogP contribution in [0.5, 0.6) is 0 Å². The molecule has 3 atom stereocenters. The Morgan fingerprint density at radius 1 is 1.42 bits per heavy atom. The highest BCUT2D eigenvalue weighted by molar-refractivity contribution is 5.91. The summed E-state index contributed by atoms with van der Waals surface area (Å²) in [5.41, 5.74) is 0.981. The number of allylic oxidation sites excluding steroid dienone is 1. The third-order valence-corrected chi connectivity index (χ3v) is 5.82. The van der Waals surface area contributed by atoms with E-state index in [1.165, 1.54) is 25.0 Å². The van der Waals surface area contributed by atoms with Crippen LogP contribution in [0.2, 0.25) is 0 Å². The molecule has 1 heterocycles. The molecule has 0 aromatic rings. The number of ether oxygens (including phenoxy) is 1. The van der Waals surface area contributed by atoms with Gasteiger partial charge in [0.2, 0.25) is 0 Å². The minimum Gasteiger partial charge on any atom is -0.395 e. The van der Waals surface area contributed by atoms with E-state index in [1.807, 2.05) is 0 Å². The van der Waals surface area contributed by atoms with Crippen molar-refractivity contribution in [3.8, 4) is 0 Å². The zero-order chi connectivity index (χ0) is 17.6. The van der Waals surface area contributed by atoms with E-state index in [0.717, 1.165) is 38.8 Å². The van der Waals surface area contributed by atoms with E-state index in [-0.39, 0.29) is 12.0 Å². The van der Waals surface area contributed by atoms with Gasteiger partial charge in [-0.1, -0.05) is 26.3 Å². The summed E-state index contributed by atoms with van der Waals surface area (Å²) in [5.74, 6) is 0.887. The van der Waals surface area contributed by atoms with E-state index in [2.05, 4.69) is 31.5 Å². The van der Waals surface area contributed by atoms with Crippen LogP contribution in [0.3, 0.4) is 0 Å². The average Bonchev–Trinajstić information content (AvgIpc) is 3.00. The van der Waals surface area contributed by atoms with Crippen LogP contribution in [0.1, 0.15) is 58.8 Å². The molecule has 2 fully saturated rings. The van der Waals surface area contributed by atoms with Crippen molar-refractivity contribution in [2.45, 2.75) is 64.8 Å². The minimum absolute atomic E-state index is 0.179. The van der Waals surface area contributed by atoms with Gasteiger partial charge in [0, 0.05) is 24.8 Å². The SMILES string of the molecule is C=C[C@@H](CC(C)C)[C@]1(CO)CCCC/C1=N\N1CCC[C@H]1COC. The normalized spacial score (nSPS) is 31.0. The first-order valence-electron chi connectivity index (χ1n) is 9.64. The van der Waals surface area contributed by atoms with Crippen LogP contribution in [0, 0.1) is 17.3 Å². The molecule has 0 unspecified atom stereocenters. The van der Waals surface area contributed by atoms with Crippen molar-refractivity contribution in [1.29, 1.82) is 0 Å². The molecule has 1 N–H and O–H groups in total. The molecule has 0 aromatic carbocycles. The van der Waals surface area contributed by atoms with E-state index in [1.54, 1.807) is 7.11 Å². The number of methoxy groups -OCH3 is 1. The van der Waals surface area contributed by atoms with Crippen LogP contribution in [-0.4, -0.2) is 48.7 Å². The summed E-state index contributed by atoms with van der Waals surface area (Å²) in [4.78, 5) is 0. The topological polar surface area (TPSA) is 45.1 Å². The highest BCUT2D eigenvalue weighted by Gasteiger charge is 2.44. The molecule has 1 saturated carbocycles. The minimum atomic E-state index is -0.218. The van der Waals surface area contributed by atoms with Gasteiger partial charge in [-0.2, -0.15) is 5.10 Å². The van der Waals surface area contributed by atoms with Gasteiger partial charge in [-0.25, -0.2) is 0 Å². The van der Waals surface area contributed by atoms with Crippen molar-refractivity contribution in [3.63, 3.8) is 0 Å². The third kappa shape index (κ3) is 4.20. The van der Waals surface area contributed by atoms with Gasteiger partial charge in [0.25, 0.3) is 0 Å². The Balaban J connectivity index is 2.29. The van der Waals surface area contributed by atoms with Crippen molar-refractivity contribution in [2.24, 2.45) is 22.4 Å². The van der Waals surface area contributed by atoms with Gasteiger partial charge < -0.3 is 9.84 Å². The molecule has 2 rings (SSSR count). The second-order valence-electron chi connectivity index (χ2n) is 7.95. The molecule has 0 radical (unpaired) electrons. The predicted molar refractivity (Wildman–Crippen MR) is 100 cm³/mol. The van der Waals surface area contributed by atoms with Crippen LogP contribution in [0.25, 0.3) is 0 Å². The highest BCUT2D eigenvalue weighted by atomic mass is 16.5. The molecule has 138 valence electrons. The first-order valence-corrected chi connectivity index (χ1v) is 9.64. The lowest BCUT2D eigenvalue weighted by molar-refractivity contribution is 0.0997. The van der Waals surface area contributed by atoms with E-state index in [9.17, 15) is 5.11 Å². The summed E-state index contributed by atoms with van der Waals surface area (Å²) < 4.78 is 5.37. The Bertz CT molecular complexity index is 435. The zero-order valence-corrected chi connectivity index (χ0v) is 15.8.